The first-order chi connectivity index (χ1) is 13.3. The second-order valence-corrected chi connectivity index (χ2v) is 6.52. The van der Waals surface area contributed by atoms with Gasteiger partial charge >= 0.3 is 12.2 Å². The van der Waals surface area contributed by atoms with E-state index in [0.717, 1.165) is 5.56 Å². The van der Waals surface area contributed by atoms with Gasteiger partial charge in [-0.25, -0.2) is 4.79 Å². The number of nitrogens with zero attached hydrogens (tertiary/aromatic N) is 3. The molecule has 2 heterocycles. The molecule has 0 unspecified atom stereocenters. The summed E-state index contributed by atoms with van der Waals surface area (Å²) >= 11 is 0. The third kappa shape index (κ3) is 5.24. The molecule has 0 spiro atoms. The fourth-order valence-corrected chi connectivity index (χ4v) is 3.11. The maximum absolute atomic E-state index is 12.6. The van der Waals surface area contributed by atoms with Crippen molar-refractivity contribution in [3.05, 3.63) is 48.3 Å². The summed E-state index contributed by atoms with van der Waals surface area (Å²) in [6.45, 7) is -0.570. The lowest BCUT2D eigenvalue weighted by Gasteiger charge is -2.24. The SMILES string of the molecule is O=C(NCC(F)(F)F)[C@H]1CCCN1C(=O)Nc1cccc(Cn2cccn2)c1. The van der Waals surface area contributed by atoms with Crippen LogP contribution < -0.4 is 10.6 Å². The fraction of sp³-hybridized carbons (Fsp3) is 0.389. The molecular formula is C18H20F3N5O2. The van der Waals surface area contributed by atoms with Gasteiger partial charge in [0.15, 0.2) is 0 Å². The van der Waals surface area contributed by atoms with E-state index in [4.69, 9.17) is 0 Å². The molecule has 3 rings (SSSR count). The highest BCUT2D eigenvalue weighted by Crippen LogP contribution is 2.21. The summed E-state index contributed by atoms with van der Waals surface area (Å²) in [4.78, 5) is 25.9. The molecule has 1 aliphatic rings. The molecule has 2 N–H and O–H groups in total. The Morgan fingerprint density at radius 1 is 1.25 bits per heavy atom. The Morgan fingerprint density at radius 3 is 2.79 bits per heavy atom. The number of urea groups is 1. The predicted molar refractivity (Wildman–Crippen MR) is 95.6 cm³/mol. The Hall–Kier alpha value is -3.04. The topological polar surface area (TPSA) is 79.3 Å². The molecule has 2 aromatic rings. The maximum atomic E-state index is 12.6. The summed E-state index contributed by atoms with van der Waals surface area (Å²) in [6.07, 6.45) is -0.119. The smallest absolute Gasteiger partial charge is 0.345 e. The van der Waals surface area contributed by atoms with E-state index in [9.17, 15) is 22.8 Å². The summed E-state index contributed by atoms with van der Waals surface area (Å²) in [7, 11) is 0. The van der Waals surface area contributed by atoms with Gasteiger partial charge in [-0.05, 0) is 36.6 Å². The molecule has 150 valence electrons. The molecule has 1 aliphatic heterocycles. The first kappa shape index (κ1) is 19.7. The molecule has 0 saturated carbocycles. The number of nitrogens with one attached hydrogen (secondary N) is 2. The van der Waals surface area contributed by atoms with Gasteiger partial charge in [-0.3, -0.25) is 9.48 Å². The van der Waals surface area contributed by atoms with Crippen LogP contribution in [0.4, 0.5) is 23.7 Å². The molecular weight excluding hydrogens is 375 g/mol. The van der Waals surface area contributed by atoms with Crippen LogP contribution in [0.1, 0.15) is 18.4 Å². The minimum Gasteiger partial charge on any atom is -0.345 e. The molecule has 1 fully saturated rings. The second kappa shape index (κ2) is 8.32. The van der Waals surface area contributed by atoms with Gasteiger partial charge in [0.1, 0.15) is 12.6 Å². The molecule has 3 amide bonds. The molecule has 1 aromatic carbocycles. The van der Waals surface area contributed by atoms with Gasteiger partial charge < -0.3 is 15.5 Å². The summed E-state index contributed by atoms with van der Waals surface area (Å²) < 4.78 is 38.7. The number of carbonyl (C=O) groups is 2. The number of carbonyl (C=O) groups excluding carboxylic acids is 2. The van der Waals surface area contributed by atoms with Crippen LogP contribution in [-0.4, -0.2) is 51.9 Å². The minimum atomic E-state index is -4.49. The molecule has 1 aromatic heterocycles. The van der Waals surface area contributed by atoms with Crippen molar-refractivity contribution in [2.75, 3.05) is 18.4 Å². The van der Waals surface area contributed by atoms with E-state index in [1.165, 1.54) is 4.90 Å². The number of anilines is 1. The van der Waals surface area contributed by atoms with Gasteiger partial charge in [0.05, 0.1) is 6.54 Å². The summed E-state index contributed by atoms with van der Waals surface area (Å²) in [5.41, 5.74) is 1.46. The van der Waals surface area contributed by atoms with Gasteiger partial charge in [0, 0.05) is 24.6 Å². The van der Waals surface area contributed by atoms with E-state index in [2.05, 4.69) is 10.4 Å². The van der Waals surface area contributed by atoms with Crippen molar-refractivity contribution in [2.24, 2.45) is 0 Å². The average molecular weight is 395 g/mol. The third-order valence-corrected chi connectivity index (χ3v) is 4.36. The Balaban J connectivity index is 1.61. The number of halogens is 3. The summed E-state index contributed by atoms with van der Waals surface area (Å²) in [5.74, 6) is -0.794. The van der Waals surface area contributed by atoms with Crippen molar-refractivity contribution in [1.82, 2.24) is 20.0 Å². The number of alkyl halides is 3. The van der Waals surface area contributed by atoms with Crippen LogP contribution in [0.15, 0.2) is 42.7 Å². The predicted octanol–water partition coefficient (Wildman–Crippen LogP) is 2.61. The standard InChI is InChI=1S/C18H20F3N5O2/c19-18(20,21)12-22-16(27)15-6-2-9-26(15)17(28)24-14-5-1-4-13(10-14)11-25-8-3-7-23-25/h1,3-5,7-8,10,15H,2,6,9,11-12H2,(H,22,27)(H,24,28)/t15-/m1/s1. The number of hydrogen-bond donors (Lipinski definition) is 2. The minimum absolute atomic E-state index is 0.308. The van der Waals surface area contributed by atoms with Crippen molar-refractivity contribution in [3.63, 3.8) is 0 Å². The van der Waals surface area contributed by atoms with Crippen LogP contribution in [0.3, 0.4) is 0 Å². The van der Waals surface area contributed by atoms with Crippen LogP contribution in [0.2, 0.25) is 0 Å². The monoisotopic (exact) mass is 395 g/mol. The lowest BCUT2D eigenvalue weighted by atomic mass is 10.2. The number of aromatic nitrogens is 2. The zero-order valence-electron chi connectivity index (χ0n) is 14.9. The Kier molecular flexibility index (Phi) is 5.86. The molecule has 1 saturated heterocycles. The molecule has 7 nitrogen and oxygen atoms in total. The number of rotatable bonds is 5. The number of likely N-dealkylation sites (tertiary alicyclic amines) is 1. The summed E-state index contributed by atoms with van der Waals surface area (Å²) in [5, 5.41) is 8.69. The first-order valence-electron chi connectivity index (χ1n) is 8.80. The lowest BCUT2D eigenvalue weighted by molar-refractivity contribution is -0.140. The highest BCUT2D eigenvalue weighted by molar-refractivity contribution is 5.94. The second-order valence-electron chi connectivity index (χ2n) is 6.52. The summed E-state index contributed by atoms with van der Waals surface area (Å²) in [6, 6.07) is 7.55. The zero-order chi connectivity index (χ0) is 20.1. The molecule has 0 radical (unpaired) electrons. The van der Waals surface area contributed by atoms with Crippen LogP contribution in [-0.2, 0) is 11.3 Å². The normalized spacial score (nSPS) is 16.8. The molecule has 0 aliphatic carbocycles. The fourth-order valence-electron chi connectivity index (χ4n) is 3.11. The molecule has 10 heteroatoms. The number of hydrogen-bond acceptors (Lipinski definition) is 3. The van der Waals surface area contributed by atoms with Crippen LogP contribution in [0.25, 0.3) is 0 Å². The van der Waals surface area contributed by atoms with E-state index < -0.39 is 30.7 Å². The van der Waals surface area contributed by atoms with E-state index in [1.807, 2.05) is 23.6 Å². The first-order valence-corrected chi connectivity index (χ1v) is 8.80. The van der Waals surface area contributed by atoms with E-state index in [1.54, 1.807) is 29.1 Å². The van der Waals surface area contributed by atoms with Gasteiger partial charge in [0.2, 0.25) is 5.91 Å². The van der Waals surface area contributed by atoms with E-state index in [-0.39, 0.29) is 0 Å². The van der Waals surface area contributed by atoms with Gasteiger partial charge in [-0.1, -0.05) is 12.1 Å². The quantitative estimate of drug-likeness (QED) is 0.817. The van der Waals surface area contributed by atoms with E-state index in [0.29, 0.717) is 31.6 Å². The van der Waals surface area contributed by atoms with Crippen molar-refractivity contribution in [1.29, 1.82) is 0 Å². The number of benzene rings is 1. The van der Waals surface area contributed by atoms with Crippen LogP contribution in [0.5, 0.6) is 0 Å². The molecule has 0 bridgehead atoms. The Morgan fingerprint density at radius 2 is 2.07 bits per heavy atom. The van der Waals surface area contributed by atoms with Crippen molar-refractivity contribution >= 4 is 17.6 Å². The Bertz CT molecular complexity index is 823. The highest BCUT2D eigenvalue weighted by atomic mass is 19.4. The van der Waals surface area contributed by atoms with Crippen LogP contribution in [0, 0.1) is 0 Å². The van der Waals surface area contributed by atoms with Gasteiger partial charge in [0.25, 0.3) is 0 Å². The van der Waals surface area contributed by atoms with Gasteiger partial charge in [-0.2, -0.15) is 18.3 Å². The zero-order valence-corrected chi connectivity index (χ0v) is 14.9. The lowest BCUT2D eigenvalue weighted by Crippen LogP contribution is -2.49. The van der Waals surface area contributed by atoms with Crippen molar-refractivity contribution < 1.29 is 22.8 Å². The third-order valence-electron chi connectivity index (χ3n) is 4.36. The van der Waals surface area contributed by atoms with E-state index >= 15 is 0 Å². The molecule has 28 heavy (non-hydrogen) atoms. The maximum Gasteiger partial charge on any atom is 0.405 e. The van der Waals surface area contributed by atoms with Crippen LogP contribution >= 0.6 is 0 Å². The largest absolute Gasteiger partial charge is 0.405 e. The average Bonchev–Trinajstić information content (AvgIpc) is 3.31. The van der Waals surface area contributed by atoms with Crippen molar-refractivity contribution in [2.45, 2.75) is 31.6 Å². The van der Waals surface area contributed by atoms with Gasteiger partial charge in [-0.15, -0.1) is 0 Å². The number of amides is 3. The molecule has 1 atom stereocenters. The van der Waals surface area contributed by atoms with Crippen molar-refractivity contribution in [3.8, 4) is 0 Å². The Labute approximate surface area is 159 Å². The highest BCUT2D eigenvalue weighted by Gasteiger charge is 2.36.